The Bertz CT molecular complexity index is 273. The zero-order valence-electron chi connectivity index (χ0n) is 7.58. The molecule has 2 nitrogen and oxygen atoms in total. The number of aromatic nitrogens is 1. The topological polar surface area (TPSA) is 22.1 Å². The highest BCUT2D eigenvalue weighted by Gasteiger charge is 2.28. The number of rotatable bonds is 3. The average Bonchev–Trinajstić information content (AvgIpc) is 2.14. The Hall–Kier alpha value is -1.10. The molecule has 0 aliphatic heterocycles. The van der Waals surface area contributed by atoms with Crippen LogP contribution in [0.3, 0.4) is 0 Å². The molecule has 0 amide bonds. The zero-order valence-corrected chi connectivity index (χ0v) is 7.58. The Morgan fingerprint density at radius 2 is 2.14 bits per heavy atom. The lowest BCUT2D eigenvalue weighted by atomic mass is 10.2. The second-order valence-corrected chi connectivity index (χ2v) is 2.82. The number of halogens is 3. The summed E-state index contributed by atoms with van der Waals surface area (Å²) in [5, 5.41) is 0. The van der Waals surface area contributed by atoms with Crippen molar-refractivity contribution in [2.24, 2.45) is 0 Å². The molecule has 1 unspecified atom stereocenters. The van der Waals surface area contributed by atoms with E-state index in [-0.39, 0.29) is 0 Å². The maximum atomic E-state index is 11.8. The maximum absolute atomic E-state index is 11.8. The van der Waals surface area contributed by atoms with Gasteiger partial charge in [-0.25, -0.2) is 0 Å². The number of ether oxygens (including phenoxy) is 1. The van der Waals surface area contributed by atoms with Gasteiger partial charge in [-0.1, -0.05) is 6.07 Å². The van der Waals surface area contributed by atoms with Gasteiger partial charge in [-0.05, 0) is 19.1 Å². The second-order valence-electron chi connectivity index (χ2n) is 2.82. The molecule has 0 aliphatic rings. The second kappa shape index (κ2) is 4.41. The molecule has 0 bridgehead atoms. The Morgan fingerprint density at radius 1 is 1.43 bits per heavy atom. The number of hydrogen-bond donors (Lipinski definition) is 0. The molecule has 14 heavy (non-hydrogen) atoms. The third kappa shape index (κ3) is 3.74. The van der Waals surface area contributed by atoms with Crippen LogP contribution in [-0.2, 0) is 4.74 Å². The average molecular weight is 205 g/mol. The molecule has 1 aromatic heterocycles. The first-order valence-electron chi connectivity index (χ1n) is 4.08. The lowest BCUT2D eigenvalue weighted by molar-refractivity contribution is -0.184. The highest BCUT2D eigenvalue weighted by Crippen LogP contribution is 2.20. The normalized spacial score (nSPS) is 14.0. The van der Waals surface area contributed by atoms with E-state index in [0.717, 1.165) is 0 Å². The van der Waals surface area contributed by atoms with Crippen molar-refractivity contribution in [1.82, 2.24) is 4.98 Å². The summed E-state index contributed by atoms with van der Waals surface area (Å²) in [6.07, 6.45) is -3.41. The fourth-order valence-electron chi connectivity index (χ4n) is 0.921. The predicted molar refractivity (Wildman–Crippen MR) is 44.7 cm³/mol. The minimum atomic E-state index is -4.29. The van der Waals surface area contributed by atoms with Crippen LogP contribution in [0.25, 0.3) is 0 Å². The van der Waals surface area contributed by atoms with Crippen molar-refractivity contribution in [3.05, 3.63) is 30.1 Å². The molecule has 0 aliphatic carbocycles. The monoisotopic (exact) mass is 205 g/mol. The Morgan fingerprint density at radius 3 is 2.64 bits per heavy atom. The van der Waals surface area contributed by atoms with Crippen LogP contribution < -0.4 is 0 Å². The third-order valence-electron chi connectivity index (χ3n) is 1.60. The van der Waals surface area contributed by atoms with Gasteiger partial charge < -0.3 is 4.74 Å². The van der Waals surface area contributed by atoms with Crippen molar-refractivity contribution in [3.8, 4) is 0 Å². The number of pyridine rings is 1. The quantitative estimate of drug-likeness (QED) is 0.756. The highest BCUT2D eigenvalue weighted by atomic mass is 19.4. The highest BCUT2D eigenvalue weighted by molar-refractivity contribution is 5.05. The van der Waals surface area contributed by atoms with Crippen LogP contribution in [0.15, 0.2) is 24.4 Å². The molecule has 0 saturated carbocycles. The lowest BCUT2D eigenvalue weighted by Gasteiger charge is -2.13. The summed E-state index contributed by atoms with van der Waals surface area (Å²) in [6.45, 7) is 0.290. The van der Waals surface area contributed by atoms with Crippen LogP contribution in [0, 0.1) is 0 Å². The Labute approximate surface area is 79.7 Å². The molecule has 0 radical (unpaired) electrons. The molecule has 1 aromatic rings. The van der Waals surface area contributed by atoms with E-state index in [1.807, 2.05) is 0 Å². The summed E-state index contributed by atoms with van der Waals surface area (Å²) in [6, 6.07) is 5.02. The zero-order chi connectivity index (χ0) is 10.6. The first-order chi connectivity index (χ1) is 6.49. The SMILES string of the molecule is CC(OCC(F)(F)F)c1ccccn1. The van der Waals surface area contributed by atoms with Crippen molar-refractivity contribution < 1.29 is 17.9 Å². The summed E-state index contributed by atoms with van der Waals surface area (Å²) in [4.78, 5) is 3.89. The molecule has 0 N–H and O–H groups in total. The molecule has 1 atom stereocenters. The van der Waals surface area contributed by atoms with E-state index in [1.54, 1.807) is 18.2 Å². The van der Waals surface area contributed by atoms with E-state index >= 15 is 0 Å². The van der Waals surface area contributed by atoms with E-state index in [2.05, 4.69) is 9.72 Å². The summed E-state index contributed by atoms with van der Waals surface area (Å²) < 4.78 is 40.0. The molecular formula is C9H10F3NO. The number of alkyl halides is 3. The minimum absolute atomic E-state index is 0.497. The van der Waals surface area contributed by atoms with Gasteiger partial charge in [0, 0.05) is 6.20 Å². The molecule has 0 spiro atoms. The van der Waals surface area contributed by atoms with E-state index < -0.39 is 18.9 Å². The summed E-state index contributed by atoms with van der Waals surface area (Å²) in [5.41, 5.74) is 0.497. The lowest BCUT2D eigenvalue weighted by Crippen LogP contribution is -2.18. The van der Waals surface area contributed by atoms with Gasteiger partial charge in [0.15, 0.2) is 0 Å². The van der Waals surface area contributed by atoms with Gasteiger partial charge in [-0.2, -0.15) is 13.2 Å². The molecule has 0 saturated heterocycles. The van der Waals surface area contributed by atoms with Crippen LogP contribution in [0.4, 0.5) is 13.2 Å². The van der Waals surface area contributed by atoms with Gasteiger partial charge in [0.2, 0.25) is 0 Å². The van der Waals surface area contributed by atoms with Crippen molar-refractivity contribution in [1.29, 1.82) is 0 Å². The van der Waals surface area contributed by atoms with E-state index in [0.29, 0.717) is 5.69 Å². The van der Waals surface area contributed by atoms with Gasteiger partial charge in [0.05, 0.1) is 11.8 Å². The van der Waals surface area contributed by atoms with Crippen LogP contribution in [0.5, 0.6) is 0 Å². The molecule has 0 fully saturated rings. The van der Waals surface area contributed by atoms with Crippen LogP contribution in [0.2, 0.25) is 0 Å². The third-order valence-corrected chi connectivity index (χ3v) is 1.60. The first-order valence-corrected chi connectivity index (χ1v) is 4.08. The fraction of sp³-hybridized carbons (Fsp3) is 0.444. The minimum Gasteiger partial charge on any atom is -0.363 e. The number of hydrogen-bond acceptors (Lipinski definition) is 2. The molecule has 78 valence electrons. The molecule has 1 rings (SSSR count). The molecule has 1 heterocycles. The number of nitrogens with zero attached hydrogens (tertiary/aromatic N) is 1. The first kappa shape index (κ1) is 11.0. The van der Waals surface area contributed by atoms with Gasteiger partial charge in [0.1, 0.15) is 6.61 Å². The molecule has 5 heteroatoms. The Balaban J connectivity index is 2.48. The van der Waals surface area contributed by atoms with E-state index in [9.17, 15) is 13.2 Å². The smallest absolute Gasteiger partial charge is 0.363 e. The molecular weight excluding hydrogens is 195 g/mol. The summed E-state index contributed by atoms with van der Waals surface area (Å²) in [7, 11) is 0. The van der Waals surface area contributed by atoms with Crippen molar-refractivity contribution in [3.63, 3.8) is 0 Å². The van der Waals surface area contributed by atoms with Crippen molar-refractivity contribution in [2.45, 2.75) is 19.2 Å². The van der Waals surface area contributed by atoms with Gasteiger partial charge in [-0.3, -0.25) is 4.98 Å². The van der Waals surface area contributed by atoms with Gasteiger partial charge >= 0.3 is 6.18 Å². The summed E-state index contributed by atoms with van der Waals surface area (Å²) >= 11 is 0. The van der Waals surface area contributed by atoms with Crippen molar-refractivity contribution in [2.75, 3.05) is 6.61 Å². The van der Waals surface area contributed by atoms with E-state index in [4.69, 9.17) is 0 Å². The van der Waals surface area contributed by atoms with Crippen LogP contribution in [0.1, 0.15) is 18.7 Å². The largest absolute Gasteiger partial charge is 0.411 e. The van der Waals surface area contributed by atoms with Gasteiger partial charge in [0.25, 0.3) is 0 Å². The van der Waals surface area contributed by atoms with Gasteiger partial charge in [-0.15, -0.1) is 0 Å². The predicted octanol–water partition coefficient (Wildman–Crippen LogP) is 2.72. The summed E-state index contributed by atoms with van der Waals surface area (Å²) in [5.74, 6) is 0. The van der Waals surface area contributed by atoms with Crippen molar-refractivity contribution >= 4 is 0 Å². The van der Waals surface area contributed by atoms with Crippen LogP contribution in [-0.4, -0.2) is 17.8 Å². The van der Waals surface area contributed by atoms with E-state index in [1.165, 1.54) is 13.1 Å². The standard InChI is InChI=1S/C9H10F3NO/c1-7(14-6-9(10,11)12)8-4-2-3-5-13-8/h2-5,7H,6H2,1H3. The van der Waals surface area contributed by atoms with Crippen LogP contribution >= 0.6 is 0 Å². The fourth-order valence-corrected chi connectivity index (χ4v) is 0.921. The molecule has 0 aromatic carbocycles. The Kier molecular flexibility index (Phi) is 3.46. The maximum Gasteiger partial charge on any atom is 0.411 e.